The molecule has 158 valence electrons. The zero-order valence-electron chi connectivity index (χ0n) is 19.9. The molecule has 0 fully saturated rings. The maximum atomic E-state index is 11.9. The van der Waals surface area contributed by atoms with Crippen molar-refractivity contribution in [2.75, 3.05) is 0 Å². The summed E-state index contributed by atoms with van der Waals surface area (Å²) in [5.74, 6) is -1.38. The molecule has 0 saturated carbocycles. The average molecular weight is 530 g/mol. The van der Waals surface area contributed by atoms with Crippen LogP contribution in [-0.2, 0) is 30.4 Å². The fraction of sp³-hybridized carbons (Fsp3) is 0. The second kappa shape index (κ2) is 9.84. The third-order valence-corrected chi connectivity index (χ3v) is 7.36. The van der Waals surface area contributed by atoms with E-state index in [4.69, 9.17) is 0 Å². The van der Waals surface area contributed by atoms with Crippen molar-refractivity contribution in [3.63, 3.8) is 0 Å². The van der Waals surface area contributed by atoms with Gasteiger partial charge in [-0.3, -0.25) is 13.7 Å². The van der Waals surface area contributed by atoms with Gasteiger partial charge in [0, 0.05) is 21.5 Å². The maximum Gasteiger partial charge on any atom is 1.00 e. The van der Waals surface area contributed by atoms with Crippen molar-refractivity contribution in [1.82, 2.24) is 0 Å². The molecule has 10 nitrogen and oxygen atoms in total. The first-order chi connectivity index (χ1) is 13.2. The van der Waals surface area contributed by atoms with Crippen LogP contribution in [0.2, 0.25) is 0 Å². The maximum absolute atomic E-state index is 11.9. The molecule has 0 spiro atoms. The second-order valence-corrected chi connectivity index (χ2v) is 10.3. The van der Waals surface area contributed by atoms with Gasteiger partial charge in [-0.25, -0.2) is 0 Å². The van der Waals surface area contributed by atoms with E-state index < -0.39 is 50.8 Å². The van der Waals surface area contributed by atoms with Gasteiger partial charge >= 0.3 is 88.7 Å². The Bertz CT molecular complexity index is 1640. The Hall–Kier alpha value is 0.450. The molecule has 0 radical (unpaired) electrons. The number of hydrogen-bond donors (Lipinski definition) is 4. The Morgan fingerprint density at radius 1 is 0.562 bits per heavy atom. The van der Waals surface area contributed by atoms with Gasteiger partial charge in [0.15, 0.2) is 5.75 Å². The third-order valence-electron chi connectivity index (χ3n) is 4.59. The molecule has 0 amide bonds. The SMILES string of the molecule is O=S(=O)(O)c1ccc2ccc3c(S(=O)(=O)O)c(O)c(S(=O)(=O)O)c4ccc1c2c34.[H-].[H-].[H-].[Na+].[Na+].[Na+]. The summed E-state index contributed by atoms with van der Waals surface area (Å²) in [7, 11) is -15.0. The molecule has 4 aromatic rings. The number of rotatable bonds is 3. The van der Waals surface area contributed by atoms with Crippen LogP contribution >= 0.6 is 0 Å². The molecule has 0 aliphatic carbocycles. The summed E-state index contributed by atoms with van der Waals surface area (Å²) in [4.78, 5) is -2.84. The van der Waals surface area contributed by atoms with Crippen LogP contribution in [0.25, 0.3) is 32.3 Å². The minimum Gasteiger partial charge on any atom is -1.00 e. The zero-order valence-corrected chi connectivity index (χ0v) is 25.4. The minimum atomic E-state index is -5.17. The average Bonchev–Trinajstić information content (AvgIpc) is 2.55. The molecule has 0 aromatic heterocycles. The summed E-state index contributed by atoms with van der Waals surface area (Å²) in [6.07, 6.45) is 0. The van der Waals surface area contributed by atoms with Crippen molar-refractivity contribution in [1.29, 1.82) is 0 Å². The predicted octanol–water partition coefficient (Wildman–Crippen LogP) is -6.62. The van der Waals surface area contributed by atoms with E-state index in [-0.39, 0.29) is 120 Å². The summed E-state index contributed by atoms with van der Waals surface area (Å²) in [5, 5.41) is 9.87. The van der Waals surface area contributed by atoms with Crippen LogP contribution in [0.15, 0.2) is 51.1 Å². The second-order valence-electron chi connectivity index (χ2n) is 6.24. The van der Waals surface area contributed by atoms with Crippen LogP contribution in [0.5, 0.6) is 5.75 Å². The molecule has 4 rings (SSSR count). The van der Waals surface area contributed by atoms with E-state index in [0.717, 1.165) is 18.2 Å². The van der Waals surface area contributed by atoms with Crippen LogP contribution in [0.4, 0.5) is 0 Å². The first-order valence-corrected chi connectivity index (χ1v) is 11.9. The van der Waals surface area contributed by atoms with Crippen molar-refractivity contribution >= 4 is 62.7 Å². The van der Waals surface area contributed by atoms with Crippen molar-refractivity contribution in [3.05, 3.63) is 36.4 Å². The van der Waals surface area contributed by atoms with Crippen molar-refractivity contribution in [2.24, 2.45) is 0 Å². The van der Waals surface area contributed by atoms with Gasteiger partial charge in [0.05, 0.1) is 0 Å². The number of phenolic OH excluding ortho intramolecular Hbond substituents is 1. The Kier molecular flexibility index (Phi) is 9.37. The van der Waals surface area contributed by atoms with Gasteiger partial charge in [0.1, 0.15) is 14.7 Å². The van der Waals surface area contributed by atoms with E-state index in [1.165, 1.54) is 18.2 Å². The first kappa shape index (κ1) is 30.5. The summed E-state index contributed by atoms with van der Waals surface area (Å²) in [6.45, 7) is 0. The molecule has 0 heterocycles. The van der Waals surface area contributed by atoms with Gasteiger partial charge in [0.25, 0.3) is 30.4 Å². The number of hydrogen-bond acceptors (Lipinski definition) is 7. The summed E-state index contributed by atoms with van der Waals surface area (Å²) in [6, 6.07) is 7.16. The number of aromatic hydroxyl groups is 1. The van der Waals surface area contributed by atoms with Gasteiger partial charge in [-0.2, -0.15) is 25.3 Å². The van der Waals surface area contributed by atoms with E-state index in [0.29, 0.717) is 5.39 Å². The molecule has 16 heteroatoms. The minimum absolute atomic E-state index is 0. The van der Waals surface area contributed by atoms with Crippen molar-refractivity contribution in [2.45, 2.75) is 14.7 Å². The molecule has 4 N–H and O–H groups in total. The fourth-order valence-corrected chi connectivity index (χ4v) is 5.95. The fourth-order valence-electron chi connectivity index (χ4n) is 3.61. The molecular formula is C16H13Na3O10S3. The summed E-state index contributed by atoms with van der Waals surface area (Å²) in [5.41, 5.74) is 0. The van der Waals surface area contributed by atoms with Crippen LogP contribution in [-0.4, -0.2) is 44.0 Å². The topological polar surface area (TPSA) is 183 Å². The van der Waals surface area contributed by atoms with E-state index in [1.807, 2.05) is 0 Å². The van der Waals surface area contributed by atoms with Gasteiger partial charge in [-0.15, -0.1) is 0 Å². The Morgan fingerprint density at radius 3 is 1.41 bits per heavy atom. The molecule has 0 unspecified atom stereocenters. The molecular weight excluding hydrogens is 517 g/mol. The summed E-state index contributed by atoms with van der Waals surface area (Å²) >= 11 is 0. The quantitative estimate of drug-likeness (QED) is 0.113. The zero-order chi connectivity index (χ0) is 21.5. The largest absolute Gasteiger partial charge is 1.00 e. The molecule has 0 atom stereocenters. The first-order valence-electron chi connectivity index (χ1n) is 7.62. The molecule has 4 aromatic carbocycles. The smallest absolute Gasteiger partial charge is 1.00 e. The Labute approximate surface area is 253 Å². The third kappa shape index (κ3) is 4.90. The molecule has 0 bridgehead atoms. The molecule has 0 saturated heterocycles. The van der Waals surface area contributed by atoms with E-state index in [2.05, 4.69) is 0 Å². The van der Waals surface area contributed by atoms with Crippen molar-refractivity contribution < 1.29 is 137 Å². The Balaban J connectivity index is -0.00000171. The van der Waals surface area contributed by atoms with Crippen molar-refractivity contribution in [3.8, 4) is 5.75 Å². The van der Waals surface area contributed by atoms with E-state index in [1.54, 1.807) is 0 Å². The Morgan fingerprint density at radius 2 is 0.969 bits per heavy atom. The summed E-state index contributed by atoms with van der Waals surface area (Å²) < 4.78 is 99.7. The van der Waals surface area contributed by atoms with Crippen LogP contribution in [0.3, 0.4) is 0 Å². The normalized spacial score (nSPS) is 12.3. The predicted molar refractivity (Wildman–Crippen MR) is 105 cm³/mol. The van der Waals surface area contributed by atoms with Gasteiger partial charge < -0.3 is 9.39 Å². The van der Waals surface area contributed by atoms with E-state index in [9.17, 15) is 44.0 Å². The number of phenols is 1. The standard InChI is InChI=1S/C16H10O10S3.3Na.3H/c17-14-15(28(21,22)23)9-3-1-7-2-6-11(27(18,19)20)8-4-5-10(13(9)12(7)8)16(14)29(24,25)26;;;;;;/h1-6,17H,(H,18,19,20)(H,21,22,23)(H,24,25,26);;;;;;/q;3*+1;3*-1. The monoisotopic (exact) mass is 530 g/mol. The van der Waals surface area contributed by atoms with Gasteiger partial charge in [-0.1, -0.05) is 30.3 Å². The van der Waals surface area contributed by atoms with Crippen LogP contribution < -0.4 is 88.7 Å². The number of benzene rings is 4. The molecule has 0 aliphatic heterocycles. The molecule has 32 heavy (non-hydrogen) atoms. The van der Waals surface area contributed by atoms with Gasteiger partial charge in [-0.05, 0) is 16.8 Å². The molecule has 0 aliphatic rings. The van der Waals surface area contributed by atoms with Gasteiger partial charge in [0.2, 0.25) is 0 Å². The van der Waals surface area contributed by atoms with Crippen LogP contribution in [0, 0.1) is 0 Å². The van der Waals surface area contributed by atoms with E-state index >= 15 is 0 Å². The van der Waals surface area contributed by atoms with Crippen LogP contribution in [0.1, 0.15) is 4.28 Å².